The number of hydrogen-bond donors (Lipinski definition) is 1. The maximum Gasteiger partial charge on any atom is 0.239 e. The third-order valence-electron chi connectivity index (χ3n) is 3.79. The molecule has 1 amide bonds. The highest BCUT2D eigenvalue weighted by Crippen LogP contribution is 2.28. The van der Waals surface area contributed by atoms with Gasteiger partial charge in [-0.1, -0.05) is 23.1 Å². The highest BCUT2D eigenvalue weighted by atomic mass is 32.2. The van der Waals surface area contributed by atoms with Crippen molar-refractivity contribution in [3.05, 3.63) is 29.3 Å². The molecule has 0 radical (unpaired) electrons. The number of thioether (sulfide) groups is 1. The van der Waals surface area contributed by atoms with Crippen LogP contribution in [-0.2, 0) is 11.3 Å². The van der Waals surface area contributed by atoms with Crippen LogP contribution in [-0.4, -0.2) is 43.2 Å². The first-order valence-corrected chi connectivity index (χ1v) is 10.1. The summed E-state index contributed by atoms with van der Waals surface area (Å²) in [6.07, 6.45) is 0. The zero-order valence-corrected chi connectivity index (χ0v) is 17.1. The average molecular weight is 405 g/mol. The molecule has 2 aromatic heterocycles. The molecule has 142 valence electrons. The number of anilines is 1. The number of aromatic nitrogens is 5. The number of amides is 1. The second kappa shape index (κ2) is 8.49. The molecule has 0 saturated carbocycles. The minimum absolute atomic E-state index is 0.146. The van der Waals surface area contributed by atoms with Crippen molar-refractivity contribution in [1.82, 2.24) is 25.0 Å². The van der Waals surface area contributed by atoms with Crippen molar-refractivity contribution >= 4 is 34.1 Å². The number of hydrogen-bond acceptors (Lipinski definition) is 8. The molecule has 0 unspecified atom stereocenters. The highest BCUT2D eigenvalue weighted by Gasteiger charge is 2.21. The molecule has 1 aromatic carbocycles. The molecule has 0 aliphatic heterocycles. The largest absolute Gasteiger partial charge is 0.497 e. The standard InChI is InChI=1S/C17H20N6O2S2/c1-5-23-14(12-6-8-13(25-4)9-7-12)20-22-17(23)26-10(2)15(24)18-16-21-19-11(3)27-16/h6-10H,5H2,1-4H3,(H,18,21,24)/t10-/m0/s1. The fraction of sp³-hybridized carbons (Fsp3) is 0.353. The van der Waals surface area contributed by atoms with E-state index in [1.54, 1.807) is 7.11 Å². The Morgan fingerprint density at radius 2 is 2.00 bits per heavy atom. The van der Waals surface area contributed by atoms with E-state index in [1.807, 2.05) is 49.6 Å². The van der Waals surface area contributed by atoms with Gasteiger partial charge in [-0.25, -0.2) is 0 Å². The van der Waals surface area contributed by atoms with Crippen LogP contribution in [0.15, 0.2) is 29.4 Å². The van der Waals surface area contributed by atoms with E-state index in [4.69, 9.17) is 4.74 Å². The number of carbonyl (C=O) groups is 1. The summed E-state index contributed by atoms with van der Waals surface area (Å²) in [7, 11) is 1.63. The third kappa shape index (κ3) is 4.45. The van der Waals surface area contributed by atoms with Gasteiger partial charge in [0.25, 0.3) is 0 Å². The second-order valence-electron chi connectivity index (χ2n) is 5.65. The Balaban J connectivity index is 1.74. The molecule has 3 rings (SSSR count). The van der Waals surface area contributed by atoms with E-state index in [2.05, 4.69) is 25.7 Å². The first-order valence-electron chi connectivity index (χ1n) is 8.37. The van der Waals surface area contributed by atoms with Gasteiger partial charge in [0.2, 0.25) is 11.0 Å². The van der Waals surface area contributed by atoms with Crippen molar-refractivity contribution < 1.29 is 9.53 Å². The van der Waals surface area contributed by atoms with Crippen LogP contribution in [0.3, 0.4) is 0 Å². The fourth-order valence-corrected chi connectivity index (χ4v) is 3.89. The van der Waals surface area contributed by atoms with E-state index in [9.17, 15) is 4.79 Å². The van der Waals surface area contributed by atoms with Crippen molar-refractivity contribution in [2.24, 2.45) is 0 Å². The van der Waals surface area contributed by atoms with E-state index >= 15 is 0 Å². The minimum atomic E-state index is -0.354. The molecule has 2 heterocycles. The third-order valence-corrected chi connectivity index (χ3v) is 5.62. The van der Waals surface area contributed by atoms with Crippen LogP contribution in [0, 0.1) is 6.92 Å². The van der Waals surface area contributed by atoms with Crippen LogP contribution in [0.1, 0.15) is 18.9 Å². The molecular formula is C17H20N6O2S2. The topological polar surface area (TPSA) is 94.8 Å². The lowest BCUT2D eigenvalue weighted by Gasteiger charge is -2.11. The lowest BCUT2D eigenvalue weighted by Crippen LogP contribution is -2.22. The summed E-state index contributed by atoms with van der Waals surface area (Å²) >= 11 is 2.71. The average Bonchev–Trinajstić information content (AvgIpc) is 3.27. The van der Waals surface area contributed by atoms with Crippen molar-refractivity contribution in [3.63, 3.8) is 0 Å². The summed E-state index contributed by atoms with van der Waals surface area (Å²) in [6, 6.07) is 7.66. The number of nitrogens with one attached hydrogen (secondary N) is 1. The van der Waals surface area contributed by atoms with Crippen molar-refractivity contribution in [1.29, 1.82) is 0 Å². The molecule has 10 heteroatoms. The molecule has 0 aliphatic carbocycles. The summed E-state index contributed by atoms with van der Waals surface area (Å²) in [5.74, 6) is 1.40. The molecule has 0 aliphatic rings. The van der Waals surface area contributed by atoms with Gasteiger partial charge in [0.05, 0.1) is 12.4 Å². The van der Waals surface area contributed by atoms with Gasteiger partial charge in [0.15, 0.2) is 11.0 Å². The summed E-state index contributed by atoms with van der Waals surface area (Å²) in [5, 5.41) is 20.8. The van der Waals surface area contributed by atoms with Crippen LogP contribution in [0.4, 0.5) is 5.13 Å². The number of rotatable bonds is 7. The number of carbonyl (C=O) groups excluding carboxylic acids is 1. The minimum Gasteiger partial charge on any atom is -0.497 e. The fourth-order valence-electron chi connectivity index (χ4n) is 2.38. The number of aryl methyl sites for hydroxylation is 1. The molecule has 3 aromatic rings. The molecule has 0 bridgehead atoms. The molecule has 27 heavy (non-hydrogen) atoms. The van der Waals surface area contributed by atoms with Crippen LogP contribution in [0.2, 0.25) is 0 Å². The predicted octanol–water partition coefficient (Wildman–Crippen LogP) is 3.25. The Kier molecular flexibility index (Phi) is 6.07. The number of nitrogens with zero attached hydrogens (tertiary/aromatic N) is 5. The Labute approximate surface area is 165 Å². The smallest absolute Gasteiger partial charge is 0.239 e. The van der Waals surface area contributed by atoms with Gasteiger partial charge in [0, 0.05) is 12.1 Å². The summed E-state index contributed by atoms with van der Waals surface area (Å²) in [4.78, 5) is 12.4. The SMILES string of the molecule is CCn1c(S[C@@H](C)C(=O)Nc2nnc(C)s2)nnc1-c1ccc(OC)cc1. The maximum absolute atomic E-state index is 12.4. The van der Waals surface area contributed by atoms with Gasteiger partial charge in [-0.15, -0.1) is 20.4 Å². The van der Waals surface area contributed by atoms with Crippen molar-refractivity contribution in [2.45, 2.75) is 37.7 Å². The molecular weight excluding hydrogens is 384 g/mol. The van der Waals surface area contributed by atoms with E-state index in [0.29, 0.717) is 16.8 Å². The molecule has 0 saturated heterocycles. The van der Waals surface area contributed by atoms with Crippen LogP contribution < -0.4 is 10.1 Å². The van der Waals surface area contributed by atoms with Gasteiger partial charge in [0.1, 0.15) is 10.8 Å². The quantitative estimate of drug-likeness (QED) is 0.604. The van der Waals surface area contributed by atoms with Gasteiger partial charge >= 0.3 is 0 Å². The van der Waals surface area contributed by atoms with Gasteiger partial charge in [-0.2, -0.15) is 0 Å². The normalized spacial score (nSPS) is 12.0. The molecule has 1 atom stereocenters. The lowest BCUT2D eigenvalue weighted by atomic mass is 10.2. The van der Waals surface area contributed by atoms with E-state index in [1.165, 1.54) is 23.1 Å². The molecule has 0 fully saturated rings. The molecule has 8 nitrogen and oxygen atoms in total. The Hall–Kier alpha value is -2.46. The van der Waals surface area contributed by atoms with Crippen molar-refractivity contribution in [2.75, 3.05) is 12.4 Å². The Bertz CT molecular complexity index is 922. The first-order chi connectivity index (χ1) is 13.0. The van der Waals surface area contributed by atoms with E-state index in [-0.39, 0.29) is 11.2 Å². The lowest BCUT2D eigenvalue weighted by molar-refractivity contribution is -0.115. The highest BCUT2D eigenvalue weighted by molar-refractivity contribution is 8.00. The zero-order chi connectivity index (χ0) is 19.4. The molecule has 0 spiro atoms. The van der Waals surface area contributed by atoms with Gasteiger partial charge in [-0.3, -0.25) is 10.1 Å². The summed E-state index contributed by atoms with van der Waals surface area (Å²) in [6.45, 7) is 6.39. The van der Waals surface area contributed by atoms with E-state index < -0.39 is 0 Å². The number of ether oxygens (including phenoxy) is 1. The van der Waals surface area contributed by atoms with Gasteiger partial charge in [-0.05, 0) is 45.0 Å². The second-order valence-corrected chi connectivity index (χ2v) is 8.14. The maximum atomic E-state index is 12.4. The van der Waals surface area contributed by atoms with Gasteiger partial charge < -0.3 is 9.30 Å². The Morgan fingerprint density at radius 1 is 1.26 bits per heavy atom. The van der Waals surface area contributed by atoms with Crippen LogP contribution in [0.5, 0.6) is 5.75 Å². The van der Waals surface area contributed by atoms with Crippen LogP contribution >= 0.6 is 23.1 Å². The number of benzene rings is 1. The summed E-state index contributed by atoms with van der Waals surface area (Å²) < 4.78 is 7.19. The van der Waals surface area contributed by atoms with Crippen LogP contribution in [0.25, 0.3) is 11.4 Å². The van der Waals surface area contributed by atoms with Crippen molar-refractivity contribution in [3.8, 4) is 17.1 Å². The Morgan fingerprint density at radius 3 is 2.59 bits per heavy atom. The first kappa shape index (κ1) is 19.3. The van der Waals surface area contributed by atoms with E-state index in [0.717, 1.165) is 22.1 Å². The molecule has 1 N–H and O–H groups in total. The summed E-state index contributed by atoms with van der Waals surface area (Å²) in [5.41, 5.74) is 0.943. The predicted molar refractivity (Wildman–Crippen MR) is 106 cm³/mol. The number of methoxy groups -OCH3 is 1. The zero-order valence-electron chi connectivity index (χ0n) is 15.5. The monoisotopic (exact) mass is 404 g/mol.